The number of hydrogen-bond donors (Lipinski definition) is 1. The average molecular weight is 409 g/mol. The van der Waals surface area contributed by atoms with Crippen LogP contribution >= 0.6 is 0 Å². The second-order valence-corrected chi connectivity index (χ2v) is 7.06. The molecular formula is C22H23N3O5. The number of benzene rings is 2. The molecule has 2 aromatic carbocycles. The predicted molar refractivity (Wildman–Crippen MR) is 108 cm³/mol. The van der Waals surface area contributed by atoms with Gasteiger partial charge in [0.2, 0.25) is 5.91 Å². The quantitative estimate of drug-likeness (QED) is 0.557. The number of carbonyl (C=O) groups excluding carboxylic acids is 4. The van der Waals surface area contributed by atoms with E-state index in [4.69, 9.17) is 4.74 Å². The summed E-state index contributed by atoms with van der Waals surface area (Å²) in [6.45, 7) is 2.07. The molecule has 8 heteroatoms. The third-order valence-electron chi connectivity index (χ3n) is 4.74. The first kappa shape index (κ1) is 21.0. The van der Waals surface area contributed by atoms with Crippen molar-refractivity contribution in [2.45, 2.75) is 26.1 Å². The third-order valence-corrected chi connectivity index (χ3v) is 4.74. The minimum Gasteiger partial charge on any atom is -0.449 e. The highest BCUT2D eigenvalue weighted by Crippen LogP contribution is 2.13. The van der Waals surface area contributed by atoms with Crippen LogP contribution in [-0.2, 0) is 27.4 Å². The summed E-state index contributed by atoms with van der Waals surface area (Å²) in [6.07, 6.45) is -0.934. The molecule has 3 rings (SSSR count). The Kier molecular flexibility index (Phi) is 6.46. The third kappa shape index (κ3) is 5.02. The van der Waals surface area contributed by atoms with Crippen LogP contribution in [0, 0.1) is 0 Å². The lowest BCUT2D eigenvalue weighted by atomic mass is 10.1. The van der Waals surface area contributed by atoms with Crippen molar-refractivity contribution in [1.29, 1.82) is 0 Å². The lowest BCUT2D eigenvalue weighted by Crippen LogP contribution is -2.37. The monoisotopic (exact) mass is 409 g/mol. The lowest BCUT2D eigenvalue weighted by molar-refractivity contribution is -0.139. The Hall–Kier alpha value is -3.68. The Morgan fingerprint density at radius 1 is 1.07 bits per heavy atom. The average Bonchev–Trinajstić information content (AvgIpc) is 3.06. The van der Waals surface area contributed by atoms with Crippen LogP contribution in [0.4, 0.5) is 4.79 Å². The van der Waals surface area contributed by atoms with Gasteiger partial charge in [0.1, 0.15) is 0 Å². The Morgan fingerprint density at radius 2 is 1.73 bits per heavy atom. The molecule has 1 aliphatic heterocycles. The molecule has 0 aromatic heterocycles. The van der Waals surface area contributed by atoms with Crippen LogP contribution in [0.5, 0.6) is 0 Å². The zero-order valence-electron chi connectivity index (χ0n) is 16.8. The lowest BCUT2D eigenvalue weighted by Gasteiger charge is -2.21. The van der Waals surface area contributed by atoms with Gasteiger partial charge in [-0.1, -0.05) is 42.5 Å². The van der Waals surface area contributed by atoms with Gasteiger partial charge in [-0.3, -0.25) is 14.5 Å². The van der Waals surface area contributed by atoms with Gasteiger partial charge in [0.15, 0.2) is 6.10 Å². The number of rotatable bonds is 7. The van der Waals surface area contributed by atoms with Gasteiger partial charge in [-0.05, 0) is 30.2 Å². The summed E-state index contributed by atoms with van der Waals surface area (Å²) in [7, 11) is 1.66. The van der Waals surface area contributed by atoms with Crippen LogP contribution < -0.4 is 5.32 Å². The van der Waals surface area contributed by atoms with Gasteiger partial charge in [0, 0.05) is 13.6 Å². The fourth-order valence-corrected chi connectivity index (χ4v) is 3.07. The van der Waals surface area contributed by atoms with E-state index in [1.54, 1.807) is 31.3 Å². The molecule has 0 saturated carbocycles. The van der Waals surface area contributed by atoms with Gasteiger partial charge < -0.3 is 15.0 Å². The highest BCUT2D eigenvalue weighted by Gasteiger charge is 2.28. The summed E-state index contributed by atoms with van der Waals surface area (Å²) >= 11 is 0. The van der Waals surface area contributed by atoms with Gasteiger partial charge in [-0.2, -0.15) is 0 Å². The van der Waals surface area contributed by atoms with Gasteiger partial charge in [-0.25, -0.2) is 9.59 Å². The maximum Gasteiger partial charge on any atom is 0.338 e. The number of nitrogens with zero attached hydrogens (tertiary/aromatic N) is 2. The molecule has 0 aliphatic carbocycles. The topological polar surface area (TPSA) is 96.0 Å². The van der Waals surface area contributed by atoms with E-state index in [2.05, 4.69) is 5.32 Å². The number of nitrogens with one attached hydrogen (secondary N) is 1. The normalized spacial score (nSPS) is 14.3. The largest absolute Gasteiger partial charge is 0.449 e. The fourth-order valence-electron chi connectivity index (χ4n) is 3.07. The van der Waals surface area contributed by atoms with Crippen LogP contribution in [0.2, 0.25) is 0 Å². The van der Waals surface area contributed by atoms with Crippen molar-refractivity contribution in [3.8, 4) is 0 Å². The molecule has 0 spiro atoms. The Morgan fingerprint density at radius 3 is 2.33 bits per heavy atom. The van der Waals surface area contributed by atoms with Gasteiger partial charge >= 0.3 is 12.0 Å². The highest BCUT2D eigenvalue weighted by molar-refractivity contribution is 6.01. The molecule has 1 fully saturated rings. The molecule has 1 atom stereocenters. The van der Waals surface area contributed by atoms with Crippen molar-refractivity contribution < 1.29 is 23.9 Å². The van der Waals surface area contributed by atoms with E-state index in [9.17, 15) is 19.2 Å². The Bertz CT molecular complexity index is 927. The molecule has 1 aliphatic rings. The van der Waals surface area contributed by atoms with Gasteiger partial charge in [0.25, 0.3) is 5.91 Å². The number of likely N-dealkylation sites (N-methyl/N-ethyl adjacent to an activating group) is 1. The Balaban J connectivity index is 1.55. The van der Waals surface area contributed by atoms with E-state index >= 15 is 0 Å². The minimum atomic E-state index is -0.934. The molecule has 30 heavy (non-hydrogen) atoms. The number of imide groups is 1. The summed E-state index contributed by atoms with van der Waals surface area (Å²) in [5.74, 6) is -1.22. The number of esters is 1. The van der Waals surface area contributed by atoms with Crippen LogP contribution in [0.25, 0.3) is 0 Å². The summed E-state index contributed by atoms with van der Waals surface area (Å²) < 4.78 is 5.31. The zero-order valence-corrected chi connectivity index (χ0v) is 16.8. The number of urea groups is 1. The molecule has 0 bridgehead atoms. The maximum atomic E-state index is 12.5. The SMILES string of the molecule is CC(OC(=O)c1ccc(CN2C(=O)CNC2=O)cc1)C(=O)N(C)Cc1ccccc1. The van der Waals surface area contributed by atoms with Gasteiger partial charge in [0.05, 0.1) is 18.7 Å². The molecule has 0 radical (unpaired) electrons. The van der Waals surface area contributed by atoms with Crippen molar-refractivity contribution in [3.63, 3.8) is 0 Å². The van der Waals surface area contributed by atoms with Crippen molar-refractivity contribution in [2.24, 2.45) is 0 Å². The molecule has 1 unspecified atom stereocenters. The molecule has 1 saturated heterocycles. The zero-order chi connectivity index (χ0) is 21.7. The number of ether oxygens (including phenoxy) is 1. The standard InChI is InChI=1S/C22H23N3O5/c1-15(20(27)24(2)13-16-6-4-3-5-7-16)30-21(28)18-10-8-17(9-11-18)14-25-19(26)12-23-22(25)29/h3-11,15H,12-14H2,1-2H3,(H,23,29). The number of hydrogen-bond acceptors (Lipinski definition) is 5. The van der Waals surface area contributed by atoms with Gasteiger partial charge in [-0.15, -0.1) is 0 Å². The first-order valence-electron chi connectivity index (χ1n) is 9.52. The number of amides is 4. The predicted octanol–water partition coefficient (Wildman–Crippen LogP) is 1.94. The second-order valence-electron chi connectivity index (χ2n) is 7.06. The van der Waals surface area contributed by atoms with E-state index in [1.165, 1.54) is 11.8 Å². The van der Waals surface area contributed by atoms with Crippen molar-refractivity contribution >= 4 is 23.8 Å². The van der Waals surface area contributed by atoms with Crippen LogP contribution in [0.1, 0.15) is 28.4 Å². The van der Waals surface area contributed by atoms with E-state index < -0.39 is 18.1 Å². The van der Waals surface area contributed by atoms with E-state index in [0.29, 0.717) is 12.1 Å². The summed E-state index contributed by atoms with van der Waals surface area (Å²) in [5.41, 5.74) is 1.96. The smallest absolute Gasteiger partial charge is 0.338 e. The first-order chi connectivity index (χ1) is 14.3. The van der Waals surface area contributed by atoms with Crippen molar-refractivity contribution in [3.05, 3.63) is 71.3 Å². The molecule has 2 aromatic rings. The molecule has 4 amide bonds. The van der Waals surface area contributed by atoms with E-state index in [-0.39, 0.29) is 30.5 Å². The first-order valence-corrected chi connectivity index (χ1v) is 9.52. The summed E-state index contributed by atoms with van der Waals surface area (Å²) in [6, 6.07) is 15.5. The molecule has 156 valence electrons. The van der Waals surface area contributed by atoms with E-state index in [1.807, 2.05) is 30.3 Å². The van der Waals surface area contributed by atoms with Crippen LogP contribution in [0.15, 0.2) is 54.6 Å². The summed E-state index contributed by atoms with van der Waals surface area (Å²) in [5, 5.41) is 2.45. The maximum absolute atomic E-state index is 12.5. The van der Waals surface area contributed by atoms with E-state index in [0.717, 1.165) is 10.5 Å². The molecule has 1 heterocycles. The van der Waals surface area contributed by atoms with Crippen LogP contribution in [0.3, 0.4) is 0 Å². The van der Waals surface area contributed by atoms with Crippen molar-refractivity contribution in [2.75, 3.05) is 13.6 Å². The number of carbonyl (C=O) groups is 4. The van der Waals surface area contributed by atoms with Crippen LogP contribution in [-0.4, -0.2) is 53.3 Å². The highest BCUT2D eigenvalue weighted by atomic mass is 16.5. The fraction of sp³-hybridized carbons (Fsp3) is 0.273. The Labute approximate surface area is 174 Å². The van der Waals surface area contributed by atoms with Crippen molar-refractivity contribution in [1.82, 2.24) is 15.1 Å². The molecule has 1 N–H and O–H groups in total. The summed E-state index contributed by atoms with van der Waals surface area (Å²) in [4.78, 5) is 50.7. The molecular weight excluding hydrogens is 386 g/mol. The minimum absolute atomic E-state index is 0.00607. The second kappa shape index (κ2) is 9.21. The molecule has 8 nitrogen and oxygen atoms in total.